The van der Waals surface area contributed by atoms with Crippen LogP contribution in [0, 0.1) is 6.92 Å². The van der Waals surface area contributed by atoms with Crippen molar-refractivity contribution >= 4 is 5.69 Å². The normalized spacial score (nSPS) is 16.5. The van der Waals surface area contributed by atoms with Gasteiger partial charge in [0.05, 0.1) is 5.56 Å². The lowest BCUT2D eigenvalue weighted by atomic mass is 10.1. The molecule has 0 heterocycles. The third-order valence-corrected chi connectivity index (χ3v) is 2.49. The average molecular weight is 215 g/mol. The summed E-state index contributed by atoms with van der Waals surface area (Å²) in [6, 6.07) is 4.28. The molecular weight excluding hydrogens is 203 g/mol. The number of aryl methyl sites for hydroxylation is 1. The maximum absolute atomic E-state index is 12.4. The highest BCUT2D eigenvalue weighted by Gasteiger charge is 2.31. The Bertz CT molecular complexity index is 367. The predicted octanol–water partition coefficient (Wildman–Crippen LogP) is 3.59. The highest BCUT2D eigenvalue weighted by atomic mass is 19.4. The zero-order valence-electron chi connectivity index (χ0n) is 8.36. The lowest BCUT2D eigenvalue weighted by molar-refractivity contribution is -0.137. The first-order valence-electron chi connectivity index (χ1n) is 4.91. The molecule has 1 saturated carbocycles. The molecule has 0 amide bonds. The molecule has 4 heteroatoms. The summed E-state index contributed by atoms with van der Waals surface area (Å²) in [5.74, 6) is 0. The second kappa shape index (κ2) is 3.43. The van der Waals surface area contributed by atoms with Crippen LogP contribution in [0.4, 0.5) is 18.9 Å². The van der Waals surface area contributed by atoms with Gasteiger partial charge in [0.25, 0.3) is 0 Å². The van der Waals surface area contributed by atoms with Crippen molar-refractivity contribution < 1.29 is 13.2 Å². The van der Waals surface area contributed by atoms with Gasteiger partial charge in [-0.15, -0.1) is 0 Å². The van der Waals surface area contributed by atoms with Crippen LogP contribution < -0.4 is 5.32 Å². The molecule has 0 aliphatic heterocycles. The summed E-state index contributed by atoms with van der Waals surface area (Å²) in [6.45, 7) is 1.69. The molecule has 82 valence electrons. The van der Waals surface area contributed by atoms with E-state index in [0.717, 1.165) is 24.6 Å². The third kappa shape index (κ3) is 2.43. The van der Waals surface area contributed by atoms with Gasteiger partial charge < -0.3 is 5.32 Å². The molecule has 2 rings (SSSR count). The molecule has 0 atom stereocenters. The lowest BCUT2D eigenvalue weighted by Crippen LogP contribution is -2.07. The van der Waals surface area contributed by atoms with Crippen molar-refractivity contribution in [3.8, 4) is 0 Å². The summed E-state index contributed by atoms with van der Waals surface area (Å²) in [6.07, 6.45) is -2.02. The monoisotopic (exact) mass is 215 g/mol. The molecule has 0 unspecified atom stereocenters. The van der Waals surface area contributed by atoms with E-state index in [1.807, 2.05) is 0 Å². The van der Waals surface area contributed by atoms with Gasteiger partial charge in [-0.1, -0.05) is 0 Å². The van der Waals surface area contributed by atoms with Crippen molar-refractivity contribution in [3.63, 3.8) is 0 Å². The first-order chi connectivity index (χ1) is 6.97. The Morgan fingerprint density at radius 2 is 1.93 bits per heavy atom. The molecular formula is C11H12F3N. The van der Waals surface area contributed by atoms with Crippen LogP contribution in [0.1, 0.15) is 24.0 Å². The maximum atomic E-state index is 12.4. The summed E-state index contributed by atoms with van der Waals surface area (Å²) in [5.41, 5.74) is 0.878. The topological polar surface area (TPSA) is 12.0 Å². The van der Waals surface area contributed by atoms with Gasteiger partial charge in [0.2, 0.25) is 0 Å². The fourth-order valence-electron chi connectivity index (χ4n) is 1.45. The Kier molecular flexibility index (Phi) is 2.37. The molecule has 1 aliphatic rings. The standard InChI is InChI=1S/C11H12F3N/c1-7-6-8(11(12,13)14)2-5-10(7)15-9-3-4-9/h2,5-6,9,15H,3-4H2,1H3. The van der Waals surface area contributed by atoms with Gasteiger partial charge in [0, 0.05) is 11.7 Å². The molecule has 0 aromatic heterocycles. The molecule has 1 N–H and O–H groups in total. The van der Waals surface area contributed by atoms with Gasteiger partial charge in [-0.25, -0.2) is 0 Å². The largest absolute Gasteiger partial charge is 0.416 e. The summed E-state index contributed by atoms with van der Waals surface area (Å²) in [5, 5.41) is 3.20. The van der Waals surface area contributed by atoms with Gasteiger partial charge in [0.1, 0.15) is 0 Å². The number of halogens is 3. The Hall–Kier alpha value is -1.19. The Labute approximate surface area is 86.3 Å². The van der Waals surface area contributed by atoms with Gasteiger partial charge >= 0.3 is 6.18 Å². The van der Waals surface area contributed by atoms with E-state index in [4.69, 9.17) is 0 Å². The second-order valence-electron chi connectivity index (χ2n) is 3.95. The summed E-state index contributed by atoms with van der Waals surface area (Å²) >= 11 is 0. The zero-order valence-corrected chi connectivity index (χ0v) is 8.36. The van der Waals surface area contributed by atoms with Crippen molar-refractivity contribution in [3.05, 3.63) is 29.3 Å². The van der Waals surface area contributed by atoms with Crippen LogP contribution >= 0.6 is 0 Å². The number of nitrogens with one attached hydrogen (secondary N) is 1. The van der Waals surface area contributed by atoms with Crippen LogP contribution in [0.5, 0.6) is 0 Å². The van der Waals surface area contributed by atoms with Crippen LogP contribution in [0.25, 0.3) is 0 Å². The molecule has 15 heavy (non-hydrogen) atoms. The summed E-state index contributed by atoms with van der Waals surface area (Å²) in [7, 11) is 0. The SMILES string of the molecule is Cc1cc(C(F)(F)F)ccc1NC1CC1. The minimum Gasteiger partial charge on any atom is -0.382 e. The molecule has 1 fully saturated rings. The Morgan fingerprint density at radius 1 is 1.27 bits per heavy atom. The first kappa shape index (κ1) is 10.3. The van der Waals surface area contributed by atoms with E-state index in [2.05, 4.69) is 5.32 Å². The number of hydrogen-bond donors (Lipinski definition) is 1. The molecule has 0 spiro atoms. The zero-order chi connectivity index (χ0) is 11.1. The number of rotatable bonds is 2. The predicted molar refractivity (Wildman–Crippen MR) is 52.8 cm³/mol. The lowest BCUT2D eigenvalue weighted by Gasteiger charge is -2.12. The minimum atomic E-state index is -4.25. The van der Waals surface area contributed by atoms with E-state index in [9.17, 15) is 13.2 Å². The van der Waals surface area contributed by atoms with E-state index >= 15 is 0 Å². The average Bonchev–Trinajstić information content (AvgIpc) is 2.90. The minimum absolute atomic E-state index is 0.459. The molecule has 0 bridgehead atoms. The van der Waals surface area contributed by atoms with E-state index in [-0.39, 0.29) is 0 Å². The van der Waals surface area contributed by atoms with E-state index in [0.29, 0.717) is 11.6 Å². The first-order valence-corrected chi connectivity index (χ1v) is 4.91. The van der Waals surface area contributed by atoms with Crippen LogP contribution in [-0.2, 0) is 6.18 Å². The number of benzene rings is 1. The van der Waals surface area contributed by atoms with Crippen molar-refractivity contribution in [1.29, 1.82) is 0 Å². The molecule has 1 nitrogen and oxygen atoms in total. The van der Waals surface area contributed by atoms with Gasteiger partial charge in [-0.05, 0) is 43.5 Å². The van der Waals surface area contributed by atoms with E-state index in [1.54, 1.807) is 6.92 Å². The summed E-state index contributed by atoms with van der Waals surface area (Å²) in [4.78, 5) is 0. The van der Waals surface area contributed by atoms with Crippen molar-refractivity contribution in [1.82, 2.24) is 0 Å². The van der Waals surface area contributed by atoms with Crippen LogP contribution in [0.2, 0.25) is 0 Å². The second-order valence-corrected chi connectivity index (χ2v) is 3.95. The molecule has 0 radical (unpaired) electrons. The number of alkyl halides is 3. The smallest absolute Gasteiger partial charge is 0.382 e. The number of hydrogen-bond acceptors (Lipinski definition) is 1. The Morgan fingerprint density at radius 3 is 2.40 bits per heavy atom. The maximum Gasteiger partial charge on any atom is 0.416 e. The van der Waals surface area contributed by atoms with Gasteiger partial charge in [-0.3, -0.25) is 0 Å². The molecule has 0 saturated heterocycles. The fraction of sp³-hybridized carbons (Fsp3) is 0.455. The van der Waals surface area contributed by atoms with Crippen molar-refractivity contribution in [2.75, 3.05) is 5.32 Å². The highest BCUT2D eigenvalue weighted by molar-refractivity contribution is 5.53. The van der Waals surface area contributed by atoms with Crippen molar-refractivity contribution in [2.45, 2.75) is 32.0 Å². The fourth-order valence-corrected chi connectivity index (χ4v) is 1.45. The molecule has 1 aromatic carbocycles. The molecule has 1 aromatic rings. The van der Waals surface area contributed by atoms with Crippen LogP contribution in [0.15, 0.2) is 18.2 Å². The van der Waals surface area contributed by atoms with Crippen LogP contribution in [-0.4, -0.2) is 6.04 Å². The van der Waals surface area contributed by atoms with Crippen molar-refractivity contribution in [2.24, 2.45) is 0 Å². The third-order valence-electron chi connectivity index (χ3n) is 2.49. The Balaban J connectivity index is 2.21. The molecule has 1 aliphatic carbocycles. The van der Waals surface area contributed by atoms with Crippen LogP contribution in [0.3, 0.4) is 0 Å². The van der Waals surface area contributed by atoms with E-state index in [1.165, 1.54) is 12.1 Å². The number of anilines is 1. The van der Waals surface area contributed by atoms with Gasteiger partial charge in [-0.2, -0.15) is 13.2 Å². The highest BCUT2D eigenvalue weighted by Crippen LogP contribution is 2.33. The van der Waals surface area contributed by atoms with E-state index < -0.39 is 11.7 Å². The van der Waals surface area contributed by atoms with Gasteiger partial charge in [0.15, 0.2) is 0 Å². The quantitative estimate of drug-likeness (QED) is 0.794. The summed E-state index contributed by atoms with van der Waals surface area (Å²) < 4.78 is 37.1.